The van der Waals surface area contributed by atoms with Gasteiger partial charge in [0.25, 0.3) is 0 Å². The van der Waals surface area contributed by atoms with E-state index in [0.717, 1.165) is 17.7 Å². The number of amides is 1. The average molecular weight is 284 g/mol. The maximum absolute atomic E-state index is 12.2. The van der Waals surface area contributed by atoms with Crippen molar-refractivity contribution in [3.8, 4) is 5.75 Å². The molecule has 1 aromatic carbocycles. The fraction of sp³-hybridized carbons (Fsp3) is 0.294. The summed E-state index contributed by atoms with van der Waals surface area (Å²) in [5, 5.41) is 0. The van der Waals surface area contributed by atoms with Crippen LogP contribution in [-0.4, -0.2) is 36.5 Å². The molecule has 0 spiro atoms. The predicted molar refractivity (Wildman–Crippen MR) is 82.3 cm³/mol. The van der Waals surface area contributed by atoms with Crippen LogP contribution in [0.5, 0.6) is 5.75 Å². The lowest BCUT2D eigenvalue weighted by atomic mass is 10.1. The SMILES string of the molecule is COc1ccc(CC(=O)N(C)CCc2ccncc2)cc1. The van der Waals surface area contributed by atoms with Crippen molar-refractivity contribution in [1.29, 1.82) is 0 Å². The molecule has 0 unspecified atom stereocenters. The van der Waals surface area contributed by atoms with E-state index in [-0.39, 0.29) is 5.91 Å². The summed E-state index contributed by atoms with van der Waals surface area (Å²) in [6.45, 7) is 0.707. The number of pyridine rings is 1. The van der Waals surface area contributed by atoms with Crippen molar-refractivity contribution in [2.45, 2.75) is 12.8 Å². The summed E-state index contributed by atoms with van der Waals surface area (Å²) in [7, 11) is 3.47. The second-order valence-electron chi connectivity index (χ2n) is 4.95. The summed E-state index contributed by atoms with van der Waals surface area (Å²) in [6, 6.07) is 11.5. The van der Waals surface area contributed by atoms with Crippen LogP contribution in [0.3, 0.4) is 0 Å². The standard InChI is InChI=1S/C17H20N2O2/c1-19(12-9-14-7-10-18-11-8-14)17(20)13-15-3-5-16(21-2)6-4-15/h3-8,10-11H,9,12-13H2,1-2H3. The molecule has 4 heteroatoms. The van der Waals surface area contributed by atoms with Crippen LogP contribution in [0.2, 0.25) is 0 Å². The lowest BCUT2D eigenvalue weighted by Gasteiger charge is -2.17. The lowest BCUT2D eigenvalue weighted by Crippen LogP contribution is -2.30. The number of aromatic nitrogens is 1. The molecule has 0 atom stereocenters. The van der Waals surface area contributed by atoms with Crippen molar-refractivity contribution < 1.29 is 9.53 Å². The summed E-state index contributed by atoms with van der Waals surface area (Å²) in [5.74, 6) is 0.923. The molecular formula is C17H20N2O2. The first kappa shape index (κ1) is 15.0. The molecule has 2 rings (SSSR count). The molecule has 0 saturated heterocycles. The molecule has 1 heterocycles. The highest BCUT2D eigenvalue weighted by Gasteiger charge is 2.09. The third kappa shape index (κ3) is 4.60. The van der Waals surface area contributed by atoms with Crippen LogP contribution < -0.4 is 4.74 Å². The van der Waals surface area contributed by atoms with Crippen molar-refractivity contribution in [3.05, 3.63) is 59.9 Å². The average Bonchev–Trinajstić information content (AvgIpc) is 2.54. The van der Waals surface area contributed by atoms with E-state index in [2.05, 4.69) is 4.98 Å². The third-order valence-electron chi connectivity index (χ3n) is 3.43. The Labute approximate surface area is 125 Å². The minimum absolute atomic E-state index is 0.120. The molecule has 0 aliphatic rings. The van der Waals surface area contributed by atoms with E-state index in [1.54, 1.807) is 24.4 Å². The number of nitrogens with zero attached hydrogens (tertiary/aromatic N) is 2. The Hall–Kier alpha value is -2.36. The minimum Gasteiger partial charge on any atom is -0.497 e. The largest absolute Gasteiger partial charge is 0.497 e. The zero-order chi connectivity index (χ0) is 15.1. The second-order valence-corrected chi connectivity index (χ2v) is 4.95. The number of benzene rings is 1. The van der Waals surface area contributed by atoms with Crippen LogP contribution >= 0.6 is 0 Å². The topological polar surface area (TPSA) is 42.4 Å². The van der Waals surface area contributed by atoms with Crippen LogP contribution in [0.15, 0.2) is 48.8 Å². The molecular weight excluding hydrogens is 264 g/mol. The number of likely N-dealkylation sites (N-methyl/N-ethyl adjacent to an activating group) is 1. The predicted octanol–water partition coefficient (Wildman–Crippen LogP) is 2.33. The van der Waals surface area contributed by atoms with Crippen molar-refractivity contribution >= 4 is 5.91 Å². The summed E-state index contributed by atoms with van der Waals surface area (Å²) >= 11 is 0. The molecule has 0 saturated carbocycles. The molecule has 0 fully saturated rings. The highest BCUT2D eigenvalue weighted by Crippen LogP contribution is 2.12. The second kappa shape index (κ2) is 7.43. The maximum Gasteiger partial charge on any atom is 0.226 e. The maximum atomic E-state index is 12.2. The molecule has 0 aliphatic heterocycles. The highest BCUT2D eigenvalue weighted by atomic mass is 16.5. The Morgan fingerprint density at radius 1 is 1.10 bits per heavy atom. The van der Waals surface area contributed by atoms with Gasteiger partial charge in [-0.3, -0.25) is 9.78 Å². The Morgan fingerprint density at radius 3 is 2.38 bits per heavy atom. The van der Waals surface area contributed by atoms with Crippen LogP contribution in [0, 0.1) is 0 Å². The summed E-state index contributed by atoms with van der Waals surface area (Å²) in [6.07, 6.45) is 4.80. The van der Waals surface area contributed by atoms with Gasteiger partial charge in [0.15, 0.2) is 0 Å². The molecule has 4 nitrogen and oxygen atoms in total. The fourth-order valence-corrected chi connectivity index (χ4v) is 2.02. The molecule has 0 radical (unpaired) electrons. The number of ether oxygens (including phenoxy) is 1. The number of carbonyl (C=O) groups is 1. The molecule has 1 aromatic heterocycles. The summed E-state index contributed by atoms with van der Waals surface area (Å²) in [5.41, 5.74) is 2.19. The van der Waals surface area contributed by atoms with Crippen LogP contribution in [-0.2, 0) is 17.6 Å². The number of carbonyl (C=O) groups excluding carboxylic acids is 1. The van der Waals surface area contributed by atoms with Gasteiger partial charge in [-0.05, 0) is 41.8 Å². The lowest BCUT2D eigenvalue weighted by molar-refractivity contribution is -0.129. The van der Waals surface area contributed by atoms with Gasteiger partial charge in [0, 0.05) is 26.0 Å². The van der Waals surface area contributed by atoms with Crippen LogP contribution in [0.1, 0.15) is 11.1 Å². The quantitative estimate of drug-likeness (QED) is 0.817. The normalized spacial score (nSPS) is 10.2. The first-order chi connectivity index (χ1) is 10.2. The summed E-state index contributed by atoms with van der Waals surface area (Å²) < 4.78 is 5.11. The molecule has 0 bridgehead atoms. The van der Waals surface area contributed by atoms with Gasteiger partial charge in [-0.15, -0.1) is 0 Å². The van der Waals surface area contributed by atoms with Crippen molar-refractivity contribution in [1.82, 2.24) is 9.88 Å². The van der Waals surface area contributed by atoms with Gasteiger partial charge in [0.2, 0.25) is 5.91 Å². The van der Waals surface area contributed by atoms with Gasteiger partial charge < -0.3 is 9.64 Å². The van der Waals surface area contributed by atoms with E-state index in [1.165, 1.54) is 5.56 Å². The van der Waals surface area contributed by atoms with Gasteiger partial charge in [0.1, 0.15) is 5.75 Å². The molecule has 1 amide bonds. The van der Waals surface area contributed by atoms with E-state index in [9.17, 15) is 4.79 Å². The van der Waals surface area contributed by atoms with E-state index in [4.69, 9.17) is 4.74 Å². The Kier molecular flexibility index (Phi) is 5.32. The van der Waals surface area contributed by atoms with Crippen LogP contribution in [0.4, 0.5) is 0 Å². The molecule has 2 aromatic rings. The minimum atomic E-state index is 0.120. The highest BCUT2D eigenvalue weighted by molar-refractivity contribution is 5.78. The molecule has 110 valence electrons. The number of rotatable bonds is 6. The van der Waals surface area contributed by atoms with Crippen molar-refractivity contribution in [2.75, 3.05) is 20.7 Å². The fourth-order valence-electron chi connectivity index (χ4n) is 2.02. The Morgan fingerprint density at radius 2 is 1.76 bits per heavy atom. The molecule has 0 aliphatic carbocycles. The van der Waals surface area contributed by atoms with E-state index >= 15 is 0 Å². The van der Waals surface area contributed by atoms with Gasteiger partial charge >= 0.3 is 0 Å². The van der Waals surface area contributed by atoms with E-state index in [1.807, 2.05) is 43.4 Å². The van der Waals surface area contributed by atoms with Crippen molar-refractivity contribution in [3.63, 3.8) is 0 Å². The smallest absolute Gasteiger partial charge is 0.226 e. The molecule has 21 heavy (non-hydrogen) atoms. The van der Waals surface area contributed by atoms with E-state index in [0.29, 0.717) is 13.0 Å². The van der Waals surface area contributed by atoms with Gasteiger partial charge in [0.05, 0.1) is 13.5 Å². The van der Waals surface area contributed by atoms with Gasteiger partial charge in [-0.1, -0.05) is 12.1 Å². The van der Waals surface area contributed by atoms with Gasteiger partial charge in [-0.25, -0.2) is 0 Å². The Bertz CT molecular complexity index is 567. The van der Waals surface area contributed by atoms with Gasteiger partial charge in [-0.2, -0.15) is 0 Å². The zero-order valence-corrected chi connectivity index (χ0v) is 12.5. The molecule has 0 N–H and O–H groups in total. The van der Waals surface area contributed by atoms with E-state index < -0.39 is 0 Å². The number of methoxy groups -OCH3 is 1. The van der Waals surface area contributed by atoms with Crippen molar-refractivity contribution in [2.24, 2.45) is 0 Å². The number of hydrogen-bond acceptors (Lipinski definition) is 3. The monoisotopic (exact) mass is 284 g/mol. The number of hydrogen-bond donors (Lipinski definition) is 0. The first-order valence-corrected chi connectivity index (χ1v) is 6.95. The Balaban J connectivity index is 1.84. The van der Waals surface area contributed by atoms with Crippen LogP contribution in [0.25, 0.3) is 0 Å². The zero-order valence-electron chi connectivity index (χ0n) is 12.5. The summed E-state index contributed by atoms with van der Waals surface area (Å²) in [4.78, 5) is 17.9. The third-order valence-corrected chi connectivity index (χ3v) is 3.43. The first-order valence-electron chi connectivity index (χ1n) is 6.95.